The molecule has 0 unspecified atom stereocenters. The van der Waals surface area contributed by atoms with Crippen LogP contribution in [0.25, 0.3) is 0 Å². The molecule has 0 atom stereocenters. The fraction of sp³-hybridized carbons (Fsp3) is 0.562. The highest BCUT2D eigenvalue weighted by Crippen LogP contribution is 2.28. The van der Waals surface area contributed by atoms with Gasteiger partial charge in [-0.15, -0.1) is 0 Å². The van der Waals surface area contributed by atoms with Gasteiger partial charge in [-0.05, 0) is 56.7 Å². The zero-order valence-electron chi connectivity index (χ0n) is 11.3. The highest BCUT2D eigenvalue weighted by molar-refractivity contribution is 5.69. The molecular formula is C16H23NO2. The normalized spacial score (nSPS) is 23.2. The van der Waals surface area contributed by atoms with Crippen LogP contribution < -0.4 is 5.32 Å². The van der Waals surface area contributed by atoms with Gasteiger partial charge < -0.3 is 10.4 Å². The molecule has 0 amide bonds. The van der Waals surface area contributed by atoms with Gasteiger partial charge in [0.15, 0.2) is 0 Å². The smallest absolute Gasteiger partial charge is 0.306 e. The molecule has 2 N–H and O–H groups in total. The van der Waals surface area contributed by atoms with E-state index in [4.69, 9.17) is 5.11 Å². The van der Waals surface area contributed by atoms with Crippen molar-refractivity contribution in [2.45, 2.75) is 32.1 Å². The number of rotatable bonds is 6. The van der Waals surface area contributed by atoms with E-state index in [1.54, 1.807) is 0 Å². The molecule has 104 valence electrons. The van der Waals surface area contributed by atoms with E-state index in [1.807, 2.05) is 6.07 Å². The van der Waals surface area contributed by atoms with Gasteiger partial charge in [0, 0.05) is 0 Å². The van der Waals surface area contributed by atoms with E-state index >= 15 is 0 Å². The summed E-state index contributed by atoms with van der Waals surface area (Å²) in [5.74, 6) is -0.0533. The second-order valence-electron chi connectivity index (χ2n) is 5.50. The minimum atomic E-state index is -0.615. The summed E-state index contributed by atoms with van der Waals surface area (Å²) in [5, 5.41) is 12.4. The van der Waals surface area contributed by atoms with Gasteiger partial charge in [-0.25, -0.2) is 0 Å². The van der Waals surface area contributed by atoms with Crippen LogP contribution in [-0.2, 0) is 11.2 Å². The highest BCUT2D eigenvalue weighted by Gasteiger charge is 2.25. The van der Waals surface area contributed by atoms with Gasteiger partial charge in [0.1, 0.15) is 0 Å². The third-order valence-electron chi connectivity index (χ3n) is 4.06. The van der Waals surface area contributed by atoms with E-state index in [0.29, 0.717) is 5.92 Å². The molecule has 1 aliphatic carbocycles. The quantitative estimate of drug-likeness (QED) is 0.774. The van der Waals surface area contributed by atoms with E-state index in [1.165, 1.54) is 5.56 Å². The average molecular weight is 261 g/mol. The van der Waals surface area contributed by atoms with Crippen molar-refractivity contribution in [1.82, 2.24) is 5.32 Å². The molecule has 0 saturated heterocycles. The lowest BCUT2D eigenvalue weighted by Gasteiger charge is -2.26. The highest BCUT2D eigenvalue weighted by atomic mass is 16.4. The topological polar surface area (TPSA) is 49.3 Å². The van der Waals surface area contributed by atoms with Crippen LogP contribution in [0.4, 0.5) is 0 Å². The third kappa shape index (κ3) is 4.67. The molecule has 0 heterocycles. The summed E-state index contributed by atoms with van der Waals surface area (Å²) >= 11 is 0. The van der Waals surface area contributed by atoms with E-state index < -0.39 is 5.97 Å². The Morgan fingerprint density at radius 1 is 1.16 bits per heavy atom. The van der Waals surface area contributed by atoms with Crippen LogP contribution in [0.2, 0.25) is 0 Å². The second kappa shape index (κ2) is 7.29. The van der Waals surface area contributed by atoms with Gasteiger partial charge in [-0.1, -0.05) is 30.3 Å². The monoisotopic (exact) mass is 261 g/mol. The van der Waals surface area contributed by atoms with Crippen molar-refractivity contribution in [2.75, 3.05) is 13.1 Å². The van der Waals surface area contributed by atoms with Gasteiger partial charge in [0.25, 0.3) is 0 Å². The van der Waals surface area contributed by atoms with Crippen molar-refractivity contribution in [3.05, 3.63) is 35.9 Å². The van der Waals surface area contributed by atoms with Crippen LogP contribution in [0.5, 0.6) is 0 Å². The number of benzene rings is 1. The number of nitrogens with one attached hydrogen (secondary N) is 1. The summed E-state index contributed by atoms with van der Waals surface area (Å²) in [6.45, 7) is 2.03. The molecule has 1 saturated carbocycles. The lowest BCUT2D eigenvalue weighted by Crippen LogP contribution is -2.29. The Labute approximate surface area is 115 Å². The SMILES string of the molecule is O=C(O)C1CCC(CNCCc2ccccc2)CC1. The fourth-order valence-corrected chi connectivity index (χ4v) is 2.80. The van der Waals surface area contributed by atoms with Crippen molar-refractivity contribution in [1.29, 1.82) is 0 Å². The Morgan fingerprint density at radius 2 is 1.84 bits per heavy atom. The first kappa shape index (κ1) is 14.1. The zero-order chi connectivity index (χ0) is 13.5. The van der Waals surface area contributed by atoms with E-state index in [9.17, 15) is 4.79 Å². The molecule has 1 fully saturated rings. The van der Waals surface area contributed by atoms with E-state index in [-0.39, 0.29) is 5.92 Å². The maximum atomic E-state index is 10.9. The molecule has 1 aliphatic rings. The van der Waals surface area contributed by atoms with Gasteiger partial charge >= 0.3 is 5.97 Å². The number of hydrogen-bond donors (Lipinski definition) is 2. The Balaban J connectivity index is 1.58. The summed E-state index contributed by atoms with van der Waals surface area (Å²) in [7, 11) is 0. The Morgan fingerprint density at radius 3 is 2.47 bits per heavy atom. The summed E-state index contributed by atoms with van der Waals surface area (Å²) in [4.78, 5) is 10.9. The molecule has 0 spiro atoms. The zero-order valence-corrected chi connectivity index (χ0v) is 11.3. The molecular weight excluding hydrogens is 238 g/mol. The minimum Gasteiger partial charge on any atom is -0.481 e. The van der Waals surface area contributed by atoms with Gasteiger partial charge in [0.05, 0.1) is 5.92 Å². The number of carbonyl (C=O) groups is 1. The van der Waals surface area contributed by atoms with Gasteiger partial charge in [-0.3, -0.25) is 4.79 Å². The van der Waals surface area contributed by atoms with Crippen LogP contribution in [-0.4, -0.2) is 24.2 Å². The first-order chi connectivity index (χ1) is 9.25. The van der Waals surface area contributed by atoms with Crippen LogP contribution in [0.3, 0.4) is 0 Å². The summed E-state index contributed by atoms with van der Waals surface area (Å²) < 4.78 is 0. The van der Waals surface area contributed by atoms with E-state index in [0.717, 1.165) is 45.2 Å². The third-order valence-corrected chi connectivity index (χ3v) is 4.06. The predicted octanol–water partition coefficient (Wildman–Crippen LogP) is 2.71. The Kier molecular flexibility index (Phi) is 5.40. The van der Waals surface area contributed by atoms with Crippen LogP contribution >= 0.6 is 0 Å². The first-order valence-electron chi connectivity index (χ1n) is 7.23. The number of carboxylic acid groups (broad SMARTS) is 1. The largest absolute Gasteiger partial charge is 0.481 e. The number of aliphatic carboxylic acids is 1. The summed E-state index contributed by atoms with van der Waals surface area (Å²) in [6, 6.07) is 10.5. The Hall–Kier alpha value is -1.35. The average Bonchev–Trinajstić information content (AvgIpc) is 2.45. The van der Waals surface area contributed by atoms with Crippen molar-refractivity contribution in [3.63, 3.8) is 0 Å². The van der Waals surface area contributed by atoms with Crippen molar-refractivity contribution in [2.24, 2.45) is 11.8 Å². The van der Waals surface area contributed by atoms with Crippen molar-refractivity contribution in [3.8, 4) is 0 Å². The van der Waals surface area contributed by atoms with Crippen molar-refractivity contribution < 1.29 is 9.90 Å². The van der Waals surface area contributed by atoms with E-state index in [2.05, 4.69) is 29.6 Å². The fourth-order valence-electron chi connectivity index (χ4n) is 2.80. The molecule has 3 heteroatoms. The second-order valence-corrected chi connectivity index (χ2v) is 5.50. The van der Waals surface area contributed by atoms with Crippen LogP contribution in [0, 0.1) is 11.8 Å². The first-order valence-corrected chi connectivity index (χ1v) is 7.23. The molecule has 1 aromatic carbocycles. The van der Waals surface area contributed by atoms with Crippen molar-refractivity contribution >= 4 is 5.97 Å². The van der Waals surface area contributed by atoms with Crippen LogP contribution in [0.15, 0.2) is 30.3 Å². The molecule has 0 radical (unpaired) electrons. The van der Waals surface area contributed by atoms with Crippen LogP contribution in [0.1, 0.15) is 31.2 Å². The number of hydrogen-bond acceptors (Lipinski definition) is 2. The molecule has 3 nitrogen and oxygen atoms in total. The standard InChI is InChI=1S/C16H23NO2/c18-16(19)15-8-6-14(7-9-15)12-17-11-10-13-4-2-1-3-5-13/h1-5,14-15,17H,6-12H2,(H,18,19). The Bertz CT molecular complexity index is 383. The maximum absolute atomic E-state index is 10.9. The lowest BCUT2D eigenvalue weighted by molar-refractivity contribution is -0.143. The number of carboxylic acids is 1. The summed E-state index contributed by atoms with van der Waals surface area (Å²) in [5.41, 5.74) is 1.37. The van der Waals surface area contributed by atoms with Gasteiger partial charge in [-0.2, -0.15) is 0 Å². The summed E-state index contributed by atoms with van der Waals surface area (Å²) in [6.07, 6.45) is 4.86. The molecule has 0 aromatic heterocycles. The molecule has 19 heavy (non-hydrogen) atoms. The predicted molar refractivity (Wildman–Crippen MR) is 76.1 cm³/mol. The van der Waals surface area contributed by atoms with Gasteiger partial charge in [0.2, 0.25) is 0 Å². The minimum absolute atomic E-state index is 0.0967. The molecule has 1 aromatic rings. The molecule has 0 bridgehead atoms. The molecule has 2 rings (SSSR count). The molecule has 0 aliphatic heterocycles. The maximum Gasteiger partial charge on any atom is 0.306 e. The lowest BCUT2D eigenvalue weighted by atomic mass is 9.82.